The number of carbonyl (C=O) groups excluding carboxylic acids is 1. The first-order chi connectivity index (χ1) is 11.6. The number of phenols is 1. The minimum absolute atomic E-state index is 0.0977. The summed E-state index contributed by atoms with van der Waals surface area (Å²) in [7, 11) is 0. The monoisotopic (exact) mass is 328 g/mol. The number of ether oxygens (including phenoxy) is 2. The molecule has 2 rings (SSSR count). The molecule has 2 N–H and O–H groups in total. The van der Waals surface area contributed by atoms with Gasteiger partial charge in [0.05, 0.1) is 12.8 Å². The summed E-state index contributed by atoms with van der Waals surface area (Å²) >= 11 is 0. The summed E-state index contributed by atoms with van der Waals surface area (Å²) < 4.78 is 10.9. The third-order valence-corrected chi connectivity index (χ3v) is 3.08. The molecule has 0 aliphatic carbocycles. The van der Waals surface area contributed by atoms with E-state index in [0.717, 1.165) is 5.56 Å². The van der Waals surface area contributed by atoms with E-state index in [2.05, 4.69) is 10.5 Å². The standard InChI is InChI=1S/C18H20N2O4/c1-3-23-16-6-4-5-7-17(16)24-12-18(22)20-19-11-14-10-13(2)8-9-15(14)21/h4-11,21H,3,12H2,1-2H3,(H,20,22). The Morgan fingerprint density at radius 3 is 2.62 bits per heavy atom. The van der Waals surface area contributed by atoms with Crippen LogP contribution in [0.1, 0.15) is 18.1 Å². The fourth-order valence-electron chi connectivity index (χ4n) is 1.97. The molecule has 0 aliphatic rings. The highest BCUT2D eigenvalue weighted by Crippen LogP contribution is 2.26. The van der Waals surface area contributed by atoms with Crippen LogP contribution in [0.4, 0.5) is 0 Å². The van der Waals surface area contributed by atoms with Crippen molar-refractivity contribution < 1.29 is 19.4 Å². The molecule has 0 unspecified atom stereocenters. The third-order valence-electron chi connectivity index (χ3n) is 3.08. The van der Waals surface area contributed by atoms with E-state index in [-0.39, 0.29) is 12.4 Å². The molecule has 0 radical (unpaired) electrons. The summed E-state index contributed by atoms with van der Waals surface area (Å²) in [4.78, 5) is 11.8. The van der Waals surface area contributed by atoms with Crippen molar-refractivity contribution in [2.45, 2.75) is 13.8 Å². The molecular formula is C18H20N2O4. The van der Waals surface area contributed by atoms with Gasteiger partial charge in [0.1, 0.15) is 5.75 Å². The maximum absolute atomic E-state index is 11.8. The van der Waals surface area contributed by atoms with Crippen molar-refractivity contribution in [1.29, 1.82) is 0 Å². The molecule has 6 heteroatoms. The van der Waals surface area contributed by atoms with Crippen molar-refractivity contribution in [3.8, 4) is 17.2 Å². The molecule has 0 bridgehead atoms. The van der Waals surface area contributed by atoms with Gasteiger partial charge in [-0.25, -0.2) is 5.43 Å². The first-order valence-corrected chi connectivity index (χ1v) is 7.56. The van der Waals surface area contributed by atoms with Crippen molar-refractivity contribution in [2.24, 2.45) is 5.10 Å². The Morgan fingerprint density at radius 2 is 1.92 bits per heavy atom. The number of aryl methyl sites for hydroxylation is 1. The van der Waals surface area contributed by atoms with E-state index in [0.29, 0.717) is 23.7 Å². The van der Waals surface area contributed by atoms with Crippen molar-refractivity contribution in [2.75, 3.05) is 13.2 Å². The second kappa shape index (κ2) is 8.57. The molecule has 0 aliphatic heterocycles. The van der Waals surface area contributed by atoms with Crippen molar-refractivity contribution in [3.05, 3.63) is 53.6 Å². The lowest BCUT2D eigenvalue weighted by Gasteiger charge is -2.10. The number of nitrogens with one attached hydrogen (secondary N) is 1. The Morgan fingerprint density at radius 1 is 1.21 bits per heavy atom. The Labute approximate surface area is 140 Å². The summed E-state index contributed by atoms with van der Waals surface area (Å²) in [6.45, 7) is 4.09. The molecular weight excluding hydrogens is 308 g/mol. The number of hydrogen-bond donors (Lipinski definition) is 2. The second-order valence-electron chi connectivity index (χ2n) is 5.02. The zero-order valence-electron chi connectivity index (χ0n) is 13.7. The number of aromatic hydroxyl groups is 1. The van der Waals surface area contributed by atoms with Crippen LogP contribution in [0.2, 0.25) is 0 Å². The highest BCUT2D eigenvalue weighted by Gasteiger charge is 2.06. The molecule has 0 saturated heterocycles. The van der Waals surface area contributed by atoms with Crippen molar-refractivity contribution in [1.82, 2.24) is 5.43 Å². The summed E-state index contributed by atoms with van der Waals surface area (Å²) in [6.07, 6.45) is 1.38. The van der Waals surface area contributed by atoms with Gasteiger partial charge in [0.15, 0.2) is 18.1 Å². The highest BCUT2D eigenvalue weighted by molar-refractivity contribution is 5.85. The molecule has 1 amide bonds. The van der Waals surface area contributed by atoms with Crippen LogP contribution in [0, 0.1) is 6.92 Å². The van der Waals surface area contributed by atoms with Crippen LogP contribution in [-0.2, 0) is 4.79 Å². The van der Waals surface area contributed by atoms with Crippen LogP contribution >= 0.6 is 0 Å². The molecule has 0 fully saturated rings. The van der Waals surface area contributed by atoms with Crippen LogP contribution in [0.15, 0.2) is 47.6 Å². The largest absolute Gasteiger partial charge is 0.507 e. The third kappa shape index (κ3) is 5.01. The quantitative estimate of drug-likeness (QED) is 0.605. The zero-order valence-corrected chi connectivity index (χ0v) is 13.7. The molecule has 126 valence electrons. The van der Waals surface area contributed by atoms with Gasteiger partial charge >= 0.3 is 0 Å². The molecule has 0 saturated carbocycles. The predicted molar refractivity (Wildman–Crippen MR) is 91.7 cm³/mol. The van der Waals surface area contributed by atoms with Gasteiger partial charge in [0.25, 0.3) is 5.91 Å². The molecule has 2 aromatic rings. The van der Waals surface area contributed by atoms with E-state index in [1.807, 2.05) is 19.9 Å². The highest BCUT2D eigenvalue weighted by atomic mass is 16.5. The van der Waals surface area contributed by atoms with Gasteiger partial charge < -0.3 is 14.6 Å². The van der Waals surface area contributed by atoms with Crippen LogP contribution < -0.4 is 14.9 Å². The maximum Gasteiger partial charge on any atom is 0.277 e. The number of hydrogen-bond acceptors (Lipinski definition) is 5. The van der Waals surface area contributed by atoms with Crippen LogP contribution in [0.5, 0.6) is 17.2 Å². The first kappa shape index (κ1) is 17.3. The predicted octanol–water partition coefficient (Wildman–Crippen LogP) is 2.63. The number of hydrazone groups is 1. The fourth-order valence-corrected chi connectivity index (χ4v) is 1.97. The lowest BCUT2D eigenvalue weighted by atomic mass is 10.1. The second-order valence-corrected chi connectivity index (χ2v) is 5.02. The van der Waals surface area contributed by atoms with Gasteiger partial charge in [0.2, 0.25) is 0 Å². The Kier molecular flexibility index (Phi) is 6.19. The number of para-hydroxylation sites is 2. The molecule has 0 spiro atoms. The Bertz CT molecular complexity index is 729. The number of carbonyl (C=O) groups is 1. The molecule has 0 aromatic heterocycles. The Hall–Kier alpha value is -3.02. The number of rotatable bonds is 7. The maximum atomic E-state index is 11.8. The molecule has 24 heavy (non-hydrogen) atoms. The van der Waals surface area contributed by atoms with E-state index in [1.54, 1.807) is 36.4 Å². The normalized spacial score (nSPS) is 10.6. The average molecular weight is 328 g/mol. The van der Waals surface area contributed by atoms with E-state index in [1.165, 1.54) is 6.21 Å². The van der Waals surface area contributed by atoms with E-state index < -0.39 is 5.91 Å². The molecule has 0 atom stereocenters. The van der Waals surface area contributed by atoms with Crippen LogP contribution in [0.3, 0.4) is 0 Å². The molecule has 0 heterocycles. The topological polar surface area (TPSA) is 80.2 Å². The van der Waals surface area contributed by atoms with Crippen LogP contribution in [-0.4, -0.2) is 30.4 Å². The minimum atomic E-state index is -0.412. The summed E-state index contributed by atoms with van der Waals surface area (Å²) in [6, 6.07) is 12.3. The van der Waals surface area contributed by atoms with Gasteiger partial charge in [-0.1, -0.05) is 23.8 Å². The molecule has 2 aromatic carbocycles. The lowest BCUT2D eigenvalue weighted by Crippen LogP contribution is -2.24. The zero-order chi connectivity index (χ0) is 17.4. The number of benzene rings is 2. The average Bonchev–Trinajstić information content (AvgIpc) is 2.57. The van der Waals surface area contributed by atoms with Crippen molar-refractivity contribution in [3.63, 3.8) is 0 Å². The summed E-state index contributed by atoms with van der Waals surface area (Å²) in [5, 5.41) is 13.5. The SMILES string of the molecule is CCOc1ccccc1OCC(=O)NN=Cc1cc(C)ccc1O. The summed E-state index contributed by atoms with van der Waals surface area (Å²) in [5.41, 5.74) is 3.86. The fraction of sp³-hybridized carbons (Fsp3) is 0.222. The number of phenolic OH excluding ortho intramolecular Hbond substituents is 1. The van der Waals surface area contributed by atoms with E-state index in [9.17, 15) is 9.90 Å². The smallest absolute Gasteiger partial charge is 0.277 e. The van der Waals surface area contributed by atoms with Crippen LogP contribution in [0.25, 0.3) is 0 Å². The summed E-state index contributed by atoms with van der Waals surface area (Å²) in [5.74, 6) is 0.765. The first-order valence-electron chi connectivity index (χ1n) is 7.56. The molecule has 6 nitrogen and oxygen atoms in total. The number of nitrogens with zero attached hydrogens (tertiary/aromatic N) is 1. The van der Waals surface area contributed by atoms with Gasteiger partial charge in [-0.15, -0.1) is 0 Å². The Balaban J connectivity index is 1.88. The number of amides is 1. The van der Waals surface area contributed by atoms with Gasteiger partial charge in [0, 0.05) is 5.56 Å². The van der Waals surface area contributed by atoms with Gasteiger partial charge in [-0.2, -0.15) is 5.10 Å². The van der Waals surface area contributed by atoms with Gasteiger partial charge in [-0.3, -0.25) is 4.79 Å². The van der Waals surface area contributed by atoms with Crippen molar-refractivity contribution >= 4 is 12.1 Å². The minimum Gasteiger partial charge on any atom is -0.507 e. The van der Waals surface area contributed by atoms with E-state index >= 15 is 0 Å². The van der Waals surface area contributed by atoms with Gasteiger partial charge in [-0.05, 0) is 38.1 Å². The van der Waals surface area contributed by atoms with E-state index in [4.69, 9.17) is 9.47 Å². The lowest BCUT2D eigenvalue weighted by molar-refractivity contribution is -0.123.